The molecule has 19 heavy (non-hydrogen) atoms. The van der Waals surface area contributed by atoms with Crippen LogP contribution in [0.3, 0.4) is 0 Å². The van der Waals surface area contributed by atoms with E-state index in [1.54, 1.807) is 18.3 Å². The first-order valence-corrected chi connectivity index (χ1v) is 6.55. The molecule has 2 N–H and O–H groups in total. The van der Waals surface area contributed by atoms with Crippen LogP contribution in [0.5, 0.6) is 0 Å². The summed E-state index contributed by atoms with van der Waals surface area (Å²) in [5.41, 5.74) is 0.875. The topological polar surface area (TPSA) is 62.2 Å². The maximum Gasteiger partial charge on any atom is 0.271 e. The maximum atomic E-state index is 12.1. The summed E-state index contributed by atoms with van der Waals surface area (Å²) in [4.78, 5) is 16.1. The standard InChI is InChI=1S/C15H18N2O2/c1-11(12-6-7-12)10-17-15(19)14-13(5-3-9-18)4-2-8-16-14/h2,4,8,11-12,18H,6-7,9-10H2,1H3,(H,17,19). The number of nitrogens with one attached hydrogen (secondary N) is 1. The van der Waals surface area contributed by atoms with Crippen LogP contribution < -0.4 is 5.32 Å². The van der Waals surface area contributed by atoms with Crippen LogP contribution in [-0.2, 0) is 0 Å². The fourth-order valence-electron chi connectivity index (χ4n) is 1.99. The lowest BCUT2D eigenvalue weighted by Crippen LogP contribution is -2.30. The molecule has 0 bridgehead atoms. The molecule has 1 aliphatic carbocycles. The van der Waals surface area contributed by atoms with Crippen LogP contribution >= 0.6 is 0 Å². The van der Waals surface area contributed by atoms with Gasteiger partial charge >= 0.3 is 0 Å². The summed E-state index contributed by atoms with van der Waals surface area (Å²) in [5.74, 6) is 6.36. The minimum atomic E-state index is -0.228. The number of hydrogen-bond donors (Lipinski definition) is 2. The van der Waals surface area contributed by atoms with Gasteiger partial charge in [0.05, 0.1) is 5.56 Å². The Balaban J connectivity index is 2.01. The van der Waals surface area contributed by atoms with Gasteiger partial charge in [-0.15, -0.1) is 0 Å². The highest BCUT2D eigenvalue weighted by Crippen LogP contribution is 2.36. The summed E-state index contributed by atoms with van der Waals surface area (Å²) >= 11 is 0. The van der Waals surface area contributed by atoms with E-state index in [1.807, 2.05) is 0 Å². The first kappa shape index (κ1) is 13.6. The van der Waals surface area contributed by atoms with Gasteiger partial charge in [-0.2, -0.15) is 0 Å². The fourth-order valence-corrected chi connectivity index (χ4v) is 1.99. The number of carbonyl (C=O) groups is 1. The van der Waals surface area contributed by atoms with E-state index in [-0.39, 0.29) is 12.5 Å². The molecule has 2 rings (SSSR count). The van der Waals surface area contributed by atoms with Crippen molar-refractivity contribution in [2.45, 2.75) is 19.8 Å². The second kappa shape index (κ2) is 6.35. The molecule has 1 unspecified atom stereocenters. The van der Waals surface area contributed by atoms with Crippen molar-refractivity contribution in [1.29, 1.82) is 0 Å². The average molecular weight is 258 g/mol. The Morgan fingerprint density at radius 2 is 2.42 bits per heavy atom. The lowest BCUT2D eigenvalue weighted by Gasteiger charge is -2.11. The Kier molecular flexibility index (Phi) is 4.53. The largest absolute Gasteiger partial charge is 0.384 e. The second-order valence-corrected chi connectivity index (χ2v) is 4.88. The highest BCUT2D eigenvalue weighted by atomic mass is 16.2. The Hall–Kier alpha value is -1.86. The van der Waals surface area contributed by atoms with Gasteiger partial charge in [-0.25, -0.2) is 4.98 Å². The third-order valence-corrected chi connectivity index (χ3v) is 3.34. The lowest BCUT2D eigenvalue weighted by molar-refractivity contribution is 0.0941. The van der Waals surface area contributed by atoms with E-state index in [2.05, 4.69) is 29.1 Å². The van der Waals surface area contributed by atoms with Crippen molar-refractivity contribution in [2.75, 3.05) is 13.2 Å². The lowest BCUT2D eigenvalue weighted by atomic mass is 10.1. The van der Waals surface area contributed by atoms with Gasteiger partial charge < -0.3 is 10.4 Å². The molecule has 1 amide bonds. The highest BCUT2D eigenvalue weighted by molar-refractivity contribution is 5.94. The van der Waals surface area contributed by atoms with Crippen molar-refractivity contribution < 1.29 is 9.90 Å². The molecule has 1 fully saturated rings. The van der Waals surface area contributed by atoms with E-state index in [0.29, 0.717) is 23.7 Å². The number of hydrogen-bond acceptors (Lipinski definition) is 3. The molecule has 1 heterocycles. The molecule has 1 saturated carbocycles. The number of nitrogens with zero attached hydrogens (tertiary/aromatic N) is 1. The second-order valence-electron chi connectivity index (χ2n) is 4.88. The minimum absolute atomic E-state index is 0.199. The van der Waals surface area contributed by atoms with Gasteiger partial charge in [-0.3, -0.25) is 4.79 Å². The molecule has 0 aromatic carbocycles. The molecule has 1 aliphatic rings. The highest BCUT2D eigenvalue weighted by Gasteiger charge is 2.28. The first-order valence-electron chi connectivity index (χ1n) is 6.55. The first-order chi connectivity index (χ1) is 9.22. The molecule has 1 aromatic rings. The molecule has 0 saturated heterocycles. The predicted molar refractivity (Wildman–Crippen MR) is 72.4 cm³/mol. The van der Waals surface area contributed by atoms with Gasteiger partial charge in [-0.1, -0.05) is 18.8 Å². The molecule has 1 aromatic heterocycles. The zero-order valence-electron chi connectivity index (χ0n) is 11.0. The molecule has 100 valence electrons. The summed E-state index contributed by atoms with van der Waals surface area (Å²) in [6.07, 6.45) is 4.12. The molecular weight excluding hydrogens is 240 g/mol. The van der Waals surface area contributed by atoms with Gasteiger partial charge in [-0.05, 0) is 36.8 Å². The Morgan fingerprint density at radius 1 is 1.63 bits per heavy atom. The average Bonchev–Trinajstić information content (AvgIpc) is 3.27. The monoisotopic (exact) mass is 258 g/mol. The van der Waals surface area contributed by atoms with Crippen LogP contribution in [0.4, 0.5) is 0 Å². The van der Waals surface area contributed by atoms with E-state index >= 15 is 0 Å². The van der Waals surface area contributed by atoms with Crippen LogP contribution in [0, 0.1) is 23.7 Å². The van der Waals surface area contributed by atoms with E-state index in [9.17, 15) is 4.79 Å². The van der Waals surface area contributed by atoms with Crippen LogP contribution in [-0.4, -0.2) is 29.1 Å². The summed E-state index contributed by atoms with van der Waals surface area (Å²) in [5, 5.41) is 11.6. The number of aromatic nitrogens is 1. The number of pyridine rings is 1. The number of amides is 1. The molecule has 0 spiro atoms. The Bertz CT molecular complexity index is 512. The van der Waals surface area contributed by atoms with Crippen LogP contribution in [0.2, 0.25) is 0 Å². The van der Waals surface area contributed by atoms with Crippen molar-refractivity contribution in [3.63, 3.8) is 0 Å². The molecule has 4 heteroatoms. The van der Waals surface area contributed by atoms with Gasteiger partial charge in [0.1, 0.15) is 12.3 Å². The Morgan fingerprint density at radius 3 is 3.11 bits per heavy atom. The summed E-state index contributed by atoms with van der Waals surface area (Å²) in [6, 6.07) is 3.46. The van der Waals surface area contributed by atoms with Gasteiger partial charge in [0, 0.05) is 12.7 Å². The molecule has 4 nitrogen and oxygen atoms in total. The summed E-state index contributed by atoms with van der Waals surface area (Å²) in [7, 11) is 0. The predicted octanol–water partition coefficient (Wildman–Crippen LogP) is 1.20. The smallest absolute Gasteiger partial charge is 0.271 e. The van der Waals surface area contributed by atoms with Crippen LogP contribution in [0.1, 0.15) is 35.8 Å². The summed E-state index contributed by atoms with van der Waals surface area (Å²) in [6.45, 7) is 2.60. The summed E-state index contributed by atoms with van der Waals surface area (Å²) < 4.78 is 0. The van der Waals surface area contributed by atoms with Crippen molar-refractivity contribution in [2.24, 2.45) is 11.8 Å². The van der Waals surface area contributed by atoms with E-state index in [0.717, 1.165) is 5.92 Å². The quantitative estimate of drug-likeness (QED) is 0.798. The molecule has 0 aliphatic heterocycles. The molecular formula is C15H18N2O2. The van der Waals surface area contributed by atoms with Crippen molar-refractivity contribution in [1.82, 2.24) is 10.3 Å². The van der Waals surface area contributed by atoms with Crippen LogP contribution in [0.15, 0.2) is 18.3 Å². The third kappa shape index (κ3) is 3.80. The zero-order chi connectivity index (χ0) is 13.7. The van der Waals surface area contributed by atoms with E-state index in [1.165, 1.54) is 12.8 Å². The van der Waals surface area contributed by atoms with Gasteiger partial charge in [0.25, 0.3) is 5.91 Å². The van der Waals surface area contributed by atoms with Gasteiger partial charge in [0.2, 0.25) is 0 Å². The molecule has 1 atom stereocenters. The van der Waals surface area contributed by atoms with Crippen LogP contribution in [0.25, 0.3) is 0 Å². The number of aliphatic hydroxyl groups is 1. The van der Waals surface area contributed by atoms with E-state index in [4.69, 9.17) is 5.11 Å². The SMILES string of the molecule is CC(CNC(=O)c1ncccc1C#CCO)C1CC1. The minimum Gasteiger partial charge on any atom is -0.384 e. The normalized spacial score (nSPS) is 15.3. The van der Waals surface area contributed by atoms with Crippen molar-refractivity contribution >= 4 is 5.91 Å². The fraction of sp³-hybridized carbons (Fsp3) is 0.467. The number of aliphatic hydroxyl groups excluding tert-OH is 1. The third-order valence-electron chi connectivity index (χ3n) is 3.34. The van der Waals surface area contributed by atoms with Crippen molar-refractivity contribution in [3.8, 4) is 11.8 Å². The number of carbonyl (C=O) groups excluding carboxylic acids is 1. The molecule has 0 radical (unpaired) electrons. The van der Waals surface area contributed by atoms with E-state index < -0.39 is 0 Å². The van der Waals surface area contributed by atoms with Gasteiger partial charge in [0.15, 0.2) is 0 Å². The maximum absolute atomic E-state index is 12.1. The zero-order valence-corrected chi connectivity index (χ0v) is 11.0. The number of rotatable bonds is 4. The van der Waals surface area contributed by atoms with Crippen molar-refractivity contribution in [3.05, 3.63) is 29.6 Å². The Labute approximate surface area is 113 Å².